The molecule has 0 bridgehead atoms. The van der Waals surface area contributed by atoms with Crippen molar-refractivity contribution in [3.8, 4) is 0 Å². The van der Waals surface area contributed by atoms with Crippen LogP contribution in [-0.2, 0) is 20.2 Å². The van der Waals surface area contributed by atoms with Crippen LogP contribution in [0.5, 0.6) is 0 Å². The van der Waals surface area contributed by atoms with Crippen LogP contribution in [0.2, 0.25) is 0 Å². The molecule has 0 fully saturated rings. The Morgan fingerprint density at radius 2 is 1.50 bits per heavy atom. The molecule has 0 aromatic heterocycles. The van der Waals surface area contributed by atoms with Gasteiger partial charge in [-0.25, -0.2) is 0 Å². The van der Waals surface area contributed by atoms with Crippen LogP contribution in [0.1, 0.15) is 10.4 Å². The minimum Gasteiger partial charge on any atom is -0.780 e. The predicted octanol–water partition coefficient (Wildman–Crippen LogP) is -6.21. The van der Waals surface area contributed by atoms with E-state index in [4.69, 9.17) is 19.0 Å². The number of primary amides is 1. The zero-order chi connectivity index (χ0) is 11.2. The van der Waals surface area contributed by atoms with E-state index in [1.165, 1.54) is 0 Å². The summed E-state index contributed by atoms with van der Waals surface area (Å²) in [6.45, 7) is 0. The zero-order valence-electron chi connectivity index (χ0n) is 8.91. The quantitative estimate of drug-likeness (QED) is 0.515. The van der Waals surface area contributed by atoms with Crippen molar-refractivity contribution in [2.24, 2.45) is 5.73 Å². The number of carbonyl (C=O) groups excluding carboxylic acids is 1. The molecule has 78 valence electrons. The minimum absolute atomic E-state index is 0. The fraction of sp³-hybridized carbons (Fsp3) is 0. The fourth-order valence-electron chi connectivity index (χ4n) is 0.602. The number of carbonyl (C=O) groups is 1. The normalized spacial score (nSPS) is 8.62. The third kappa shape index (κ3) is 17.4. The summed E-state index contributed by atoms with van der Waals surface area (Å²) in [6, 6.07) is 8.76. The van der Waals surface area contributed by atoms with Crippen LogP contribution >= 0.6 is 0 Å². The Hall–Kier alpha value is 0.980. The van der Waals surface area contributed by atoms with Crippen molar-refractivity contribution < 1.29 is 77.2 Å². The number of rotatable bonds is 1. The van der Waals surface area contributed by atoms with Crippen LogP contribution in [0.25, 0.3) is 0 Å². The smallest absolute Gasteiger partial charge is 0.780 e. The van der Waals surface area contributed by atoms with E-state index in [1.807, 2.05) is 6.07 Å². The number of amides is 1. The molecule has 1 rings (SSSR count). The summed E-state index contributed by atoms with van der Waals surface area (Å²) in [7, 11) is -4.33. The molecule has 1 aromatic carbocycles. The molecular formula is C7H7NNa2O4S2. The standard InChI is InChI=1S/C7H7NO.2Na.H2O3S2/c8-7(9)6-4-2-1-3-5-6;;;1-5(2,3)4/h1-5H,(H2,8,9);;;(H2,1,2,3,4)/q;2*+1;/p-2. The first-order valence-corrected chi connectivity index (χ1v) is 5.65. The van der Waals surface area contributed by atoms with E-state index in [-0.39, 0.29) is 65.0 Å². The van der Waals surface area contributed by atoms with Gasteiger partial charge in [0.05, 0.1) is 0 Å². The summed E-state index contributed by atoms with van der Waals surface area (Å²) in [5, 5.41) is 0. The van der Waals surface area contributed by atoms with Gasteiger partial charge < -0.3 is 14.8 Å². The van der Waals surface area contributed by atoms with Gasteiger partial charge in [-0.2, -0.15) is 0 Å². The second kappa shape index (κ2) is 11.1. The number of benzene rings is 1. The van der Waals surface area contributed by atoms with Gasteiger partial charge in [-0.05, 0) is 23.3 Å². The van der Waals surface area contributed by atoms with Gasteiger partial charge in [0.25, 0.3) is 0 Å². The van der Waals surface area contributed by atoms with Gasteiger partial charge in [-0.15, -0.1) is 9.05 Å². The summed E-state index contributed by atoms with van der Waals surface area (Å²) in [4.78, 5) is 10.4. The average molecular weight is 279 g/mol. The van der Waals surface area contributed by atoms with Crippen molar-refractivity contribution in [2.45, 2.75) is 0 Å². The first-order chi connectivity index (χ1) is 6.30. The van der Waals surface area contributed by atoms with Crippen LogP contribution in [0.3, 0.4) is 0 Å². The van der Waals surface area contributed by atoms with E-state index in [0.29, 0.717) is 5.56 Å². The number of hydrogen-bond donors (Lipinski definition) is 1. The van der Waals surface area contributed by atoms with E-state index < -0.39 is 9.05 Å². The van der Waals surface area contributed by atoms with Crippen molar-refractivity contribution in [1.82, 2.24) is 0 Å². The predicted molar refractivity (Wildman–Crippen MR) is 52.0 cm³/mol. The van der Waals surface area contributed by atoms with Gasteiger partial charge in [-0.1, -0.05) is 18.2 Å². The summed E-state index contributed by atoms with van der Waals surface area (Å²) < 4.78 is 26.7. The molecule has 1 aromatic rings. The van der Waals surface area contributed by atoms with E-state index in [0.717, 1.165) is 0 Å². The molecule has 0 spiro atoms. The maximum absolute atomic E-state index is 10.4. The maximum Gasteiger partial charge on any atom is 1.00 e. The Morgan fingerprint density at radius 3 is 1.69 bits per heavy atom. The van der Waals surface area contributed by atoms with E-state index in [1.54, 1.807) is 24.3 Å². The van der Waals surface area contributed by atoms with Crippen LogP contribution in [-0.4, -0.2) is 19.2 Å². The van der Waals surface area contributed by atoms with Crippen molar-refractivity contribution in [2.75, 3.05) is 0 Å². The van der Waals surface area contributed by atoms with E-state index >= 15 is 0 Å². The first kappa shape index (κ1) is 22.2. The van der Waals surface area contributed by atoms with E-state index in [9.17, 15) is 4.79 Å². The Kier molecular flexibility index (Phi) is 15.4. The Labute approximate surface area is 143 Å². The van der Waals surface area contributed by atoms with Crippen molar-refractivity contribution >= 4 is 26.1 Å². The van der Waals surface area contributed by atoms with E-state index in [2.05, 4.69) is 11.2 Å². The van der Waals surface area contributed by atoms with Gasteiger partial charge in [-0.3, -0.25) is 9.00 Å². The second-order valence-corrected chi connectivity index (χ2v) is 4.18. The topological polar surface area (TPSA) is 106 Å². The molecule has 0 aliphatic rings. The Morgan fingerprint density at radius 1 is 1.19 bits per heavy atom. The largest absolute Gasteiger partial charge is 1.00 e. The third-order valence-electron chi connectivity index (χ3n) is 1.06. The van der Waals surface area contributed by atoms with Gasteiger partial charge in [0, 0.05) is 5.56 Å². The molecule has 1 amide bonds. The summed E-state index contributed by atoms with van der Waals surface area (Å²) in [5.74, 6) is -0.379. The number of hydrogen-bond acceptors (Lipinski definition) is 5. The molecule has 0 heterocycles. The molecule has 0 unspecified atom stereocenters. The molecule has 0 aliphatic heterocycles. The molecule has 0 radical (unpaired) electrons. The van der Waals surface area contributed by atoms with Crippen molar-refractivity contribution in [3.05, 3.63) is 35.9 Å². The minimum atomic E-state index is -4.33. The summed E-state index contributed by atoms with van der Waals surface area (Å²) >= 11 is 3.24. The maximum atomic E-state index is 10.4. The molecule has 2 N–H and O–H groups in total. The Bertz CT molecular complexity index is 388. The van der Waals surface area contributed by atoms with Gasteiger partial charge in [0.1, 0.15) is 0 Å². The van der Waals surface area contributed by atoms with Crippen molar-refractivity contribution in [3.63, 3.8) is 0 Å². The molecule has 5 nitrogen and oxygen atoms in total. The SMILES string of the molecule is NC(=O)c1ccccc1.O=S([O-])([O-])=S.[Na+].[Na+]. The third-order valence-corrected chi connectivity index (χ3v) is 1.06. The number of nitrogens with two attached hydrogens (primary N) is 1. The molecule has 0 saturated carbocycles. The molecule has 0 saturated heterocycles. The second-order valence-electron chi connectivity index (χ2n) is 2.14. The monoisotopic (exact) mass is 279 g/mol. The summed E-state index contributed by atoms with van der Waals surface area (Å²) in [5.41, 5.74) is 5.53. The van der Waals surface area contributed by atoms with Gasteiger partial charge in [0.15, 0.2) is 0 Å². The van der Waals surface area contributed by atoms with Crippen LogP contribution in [0.15, 0.2) is 30.3 Å². The Balaban J connectivity index is -0.000000214. The molecule has 16 heavy (non-hydrogen) atoms. The van der Waals surface area contributed by atoms with Crippen LogP contribution in [0.4, 0.5) is 0 Å². The van der Waals surface area contributed by atoms with Crippen LogP contribution < -0.4 is 64.8 Å². The van der Waals surface area contributed by atoms with Crippen LogP contribution in [0, 0.1) is 0 Å². The molecule has 0 aliphatic carbocycles. The molecule has 0 atom stereocenters. The fourth-order valence-corrected chi connectivity index (χ4v) is 0.602. The van der Waals surface area contributed by atoms with Gasteiger partial charge >= 0.3 is 59.1 Å². The molecule has 9 heteroatoms. The van der Waals surface area contributed by atoms with Crippen molar-refractivity contribution in [1.29, 1.82) is 0 Å². The average Bonchev–Trinajstić information content (AvgIpc) is 2.03. The molecular weight excluding hydrogens is 272 g/mol. The zero-order valence-corrected chi connectivity index (χ0v) is 14.5. The summed E-state index contributed by atoms with van der Waals surface area (Å²) in [6.07, 6.45) is 0. The van der Waals surface area contributed by atoms with Gasteiger partial charge in [0.2, 0.25) is 5.91 Å². The first-order valence-electron chi connectivity index (χ1n) is 3.32.